The van der Waals surface area contributed by atoms with Gasteiger partial charge in [-0.3, -0.25) is 0 Å². The fraction of sp³-hybridized carbons (Fsp3) is 0.500. The molecule has 1 aromatic carbocycles. The van der Waals surface area contributed by atoms with E-state index in [0.29, 0.717) is 5.92 Å². The smallest absolute Gasteiger partial charge is 0.160 e. The van der Waals surface area contributed by atoms with Crippen LogP contribution in [0.4, 0.5) is 0 Å². The molecule has 0 aromatic heterocycles. The molecule has 2 rings (SSSR count). The van der Waals surface area contributed by atoms with Crippen molar-refractivity contribution in [1.82, 2.24) is 0 Å². The lowest BCUT2D eigenvalue weighted by molar-refractivity contribution is 0.194. The van der Waals surface area contributed by atoms with E-state index in [1.54, 1.807) is 14.2 Å². The molecule has 1 heterocycles. The lowest BCUT2D eigenvalue weighted by Gasteiger charge is -2.12. The minimum Gasteiger partial charge on any atom is -0.493 e. The Morgan fingerprint density at radius 2 is 2.00 bits per heavy atom. The maximum atomic E-state index is 5.37. The molecule has 82 valence electrons. The number of hydrogen-bond donors (Lipinski definition) is 0. The summed E-state index contributed by atoms with van der Waals surface area (Å²) in [4.78, 5) is 0. The predicted molar refractivity (Wildman–Crippen MR) is 57.7 cm³/mol. The summed E-state index contributed by atoms with van der Waals surface area (Å²) in [6, 6.07) is 6.07. The molecule has 1 fully saturated rings. The van der Waals surface area contributed by atoms with Crippen molar-refractivity contribution in [2.75, 3.05) is 27.4 Å². The Balaban J connectivity index is 2.25. The number of hydrogen-bond acceptors (Lipinski definition) is 3. The molecule has 0 saturated carbocycles. The highest BCUT2D eigenvalue weighted by atomic mass is 16.5. The van der Waals surface area contributed by atoms with Gasteiger partial charge in [0.1, 0.15) is 0 Å². The first-order valence-corrected chi connectivity index (χ1v) is 5.15. The first-order chi connectivity index (χ1) is 7.35. The molecule has 0 amide bonds. The van der Waals surface area contributed by atoms with Crippen LogP contribution >= 0.6 is 0 Å². The largest absolute Gasteiger partial charge is 0.493 e. The molecule has 1 unspecified atom stereocenters. The van der Waals surface area contributed by atoms with E-state index in [1.807, 2.05) is 12.1 Å². The van der Waals surface area contributed by atoms with Crippen molar-refractivity contribution in [3.8, 4) is 11.5 Å². The van der Waals surface area contributed by atoms with Gasteiger partial charge in [-0.15, -0.1) is 0 Å². The normalized spacial score (nSPS) is 20.3. The number of methoxy groups -OCH3 is 2. The maximum Gasteiger partial charge on any atom is 0.160 e. The third-order valence-corrected chi connectivity index (χ3v) is 2.81. The van der Waals surface area contributed by atoms with Crippen LogP contribution in [0, 0.1) is 0 Å². The Bertz CT molecular complexity index is 330. The van der Waals surface area contributed by atoms with Crippen LogP contribution in [0.25, 0.3) is 0 Å². The molecule has 1 atom stereocenters. The fourth-order valence-corrected chi connectivity index (χ4v) is 1.90. The zero-order chi connectivity index (χ0) is 10.7. The van der Waals surface area contributed by atoms with E-state index in [9.17, 15) is 0 Å². The van der Waals surface area contributed by atoms with Crippen molar-refractivity contribution in [2.45, 2.75) is 12.3 Å². The average molecular weight is 208 g/mol. The molecule has 0 N–H and O–H groups in total. The zero-order valence-corrected chi connectivity index (χ0v) is 9.16. The Labute approximate surface area is 90.0 Å². The van der Waals surface area contributed by atoms with Crippen LogP contribution in [0.15, 0.2) is 18.2 Å². The van der Waals surface area contributed by atoms with Gasteiger partial charge >= 0.3 is 0 Å². The highest BCUT2D eigenvalue weighted by Gasteiger charge is 2.19. The SMILES string of the molecule is COc1ccc(C2CCOC2)cc1OC. The maximum absolute atomic E-state index is 5.37. The first kappa shape index (κ1) is 10.3. The van der Waals surface area contributed by atoms with Crippen LogP contribution in [-0.2, 0) is 4.74 Å². The van der Waals surface area contributed by atoms with Gasteiger partial charge in [-0.1, -0.05) is 6.07 Å². The van der Waals surface area contributed by atoms with E-state index in [4.69, 9.17) is 14.2 Å². The van der Waals surface area contributed by atoms with Crippen LogP contribution < -0.4 is 9.47 Å². The van der Waals surface area contributed by atoms with E-state index in [0.717, 1.165) is 31.1 Å². The molecule has 3 nitrogen and oxygen atoms in total. The zero-order valence-electron chi connectivity index (χ0n) is 9.16. The monoisotopic (exact) mass is 208 g/mol. The molecule has 0 aliphatic carbocycles. The van der Waals surface area contributed by atoms with Crippen LogP contribution in [0.3, 0.4) is 0 Å². The van der Waals surface area contributed by atoms with Gasteiger partial charge in [0.2, 0.25) is 0 Å². The lowest BCUT2D eigenvalue weighted by Crippen LogP contribution is -1.99. The van der Waals surface area contributed by atoms with E-state index >= 15 is 0 Å². The topological polar surface area (TPSA) is 27.7 Å². The van der Waals surface area contributed by atoms with Crippen molar-refractivity contribution in [2.24, 2.45) is 0 Å². The van der Waals surface area contributed by atoms with Gasteiger partial charge in [0.25, 0.3) is 0 Å². The van der Waals surface area contributed by atoms with Crippen LogP contribution in [0.5, 0.6) is 11.5 Å². The second-order valence-corrected chi connectivity index (χ2v) is 3.67. The first-order valence-electron chi connectivity index (χ1n) is 5.15. The van der Waals surface area contributed by atoms with Gasteiger partial charge in [0.15, 0.2) is 11.5 Å². The van der Waals surface area contributed by atoms with Crippen molar-refractivity contribution < 1.29 is 14.2 Å². The number of ether oxygens (including phenoxy) is 3. The standard InChI is InChI=1S/C12H16O3/c1-13-11-4-3-9(7-12(11)14-2)10-5-6-15-8-10/h3-4,7,10H,5-6,8H2,1-2H3. The summed E-state index contributed by atoms with van der Waals surface area (Å²) < 4.78 is 15.8. The summed E-state index contributed by atoms with van der Waals surface area (Å²) >= 11 is 0. The Kier molecular flexibility index (Phi) is 3.11. The molecule has 1 saturated heterocycles. The number of benzene rings is 1. The third-order valence-electron chi connectivity index (χ3n) is 2.81. The quantitative estimate of drug-likeness (QED) is 0.762. The molecule has 3 heteroatoms. The molecule has 0 spiro atoms. The summed E-state index contributed by atoms with van der Waals surface area (Å²) in [6.45, 7) is 1.68. The second kappa shape index (κ2) is 4.53. The van der Waals surface area contributed by atoms with Gasteiger partial charge in [-0.2, -0.15) is 0 Å². The summed E-state index contributed by atoms with van der Waals surface area (Å²) in [5, 5.41) is 0. The minimum absolute atomic E-state index is 0.504. The van der Waals surface area contributed by atoms with Gasteiger partial charge in [-0.25, -0.2) is 0 Å². The van der Waals surface area contributed by atoms with Crippen molar-refractivity contribution in [1.29, 1.82) is 0 Å². The molecule has 1 aliphatic rings. The van der Waals surface area contributed by atoms with Crippen LogP contribution in [0.1, 0.15) is 17.9 Å². The fourth-order valence-electron chi connectivity index (χ4n) is 1.90. The van der Waals surface area contributed by atoms with E-state index < -0.39 is 0 Å². The Hall–Kier alpha value is -1.22. The highest BCUT2D eigenvalue weighted by Crippen LogP contribution is 2.33. The average Bonchev–Trinajstić information content (AvgIpc) is 2.81. The van der Waals surface area contributed by atoms with Gasteiger partial charge in [0.05, 0.1) is 20.8 Å². The molecule has 0 bridgehead atoms. The van der Waals surface area contributed by atoms with Crippen LogP contribution in [0.2, 0.25) is 0 Å². The lowest BCUT2D eigenvalue weighted by atomic mass is 9.98. The van der Waals surface area contributed by atoms with Gasteiger partial charge in [-0.05, 0) is 24.1 Å². The summed E-state index contributed by atoms with van der Waals surface area (Å²) in [7, 11) is 3.31. The van der Waals surface area contributed by atoms with Gasteiger partial charge in [0, 0.05) is 12.5 Å². The van der Waals surface area contributed by atoms with Crippen molar-refractivity contribution in [3.05, 3.63) is 23.8 Å². The van der Waals surface area contributed by atoms with Gasteiger partial charge < -0.3 is 14.2 Å². The predicted octanol–water partition coefficient (Wildman–Crippen LogP) is 2.21. The van der Waals surface area contributed by atoms with E-state index in [1.165, 1.54) is 5.56 Å². The molecular formula is C12H16O3. The van der Waals surface area contributed by atoms with Crippen LogP contribution in [-0.4, -0.2) is 27.4 Å². The molecule has 1 aromatic rings. The Morgan fingerprint density at radius 3 is 2.60 bits per heavy atom. The number of rotatable bonds is 3. The summed E-state index contributed by atoms with van der Waals surface area (Å²) in [5.74, 6) is 2.08. The van der Waals surface area contributed by atoms with E-state index in [2.05, 4.69) is 6.07 Å². The second-order valence-electron chi connectivity index (χ2n) is 3.67. The highest BCUT2D eigenvalue weighted by molar-refractivity contribution is 5.44. The minimum atomic E-state index is 0.504. The molecule has 15 heavy (non-hydrogen) atoms. The Morgan fingerprint density at radius 1 is 1.20 bits per heavy atom. The summed E-state index contributed by atoms with van der Waals surface area (Å²) in [6.07, 6.45) is 1.09. The van der Waals surface area contributed by atoms with Crippen molar-refractivity contribution in [3.63, 3.8) is 0 Å². The summed E-state index contributed by atoms with van der Waals surface area (Å²) in [5.41, 5.74) is 1.27. The molecular weight excluding hydrogens is 192 g/mol. The van der Waals surface area contributed by atoms with E-state index in [-0.39, 0.29) is 0 Å². The molecule has 0 radical (unpaired) electrons. The van der Waals surface area contributed by atoms with Crippen molar-refractivity contribution >= 4 is 0 Å². The molecule has 1 aliphatic heterocycles. The third kappa shape index (κ3) is 2.07.